The van der Waals surface area contributed by atoms with Crippen molar-refractivity contribution in [2.75, 3.05) is 0 Å². The average molecular weight is 688 g/mol. The summed E-state index contributed by atoms with van der Waals surface area (Å²) in [5, 5.41) is 32.9. The van der Waals surface area contributed by atoms with Crippen LogP contribution in [0.5, 0.6) is 11.5 Å². The Morgan fingerprint density at radius 3 is 1.63 bits per heavy atom. The fraction of sp³-hybridized carbons (Fsp3) is 0.394. The van der Waals surface area contributed by atoms with Gasteiger partial charge in [0.25, 0.3) is 0 Å². The van der Waals surface area contributed by atoms with Crippen molar-refractivity contribution >= 4 is 43.8 Å². The van der Waals surface area contributed by atoms with Gasteiger partial charge in [0.15, 0.2) is 5.60 Å². The SMILES string of the molecule is CCCc1cc(C2(c3cc(CCC)c(CCC)c(O)c3Br)OC(=O)c3ccc(C(=O)O)cc32)c(Br)c(O)c1CCC. The Hall–Kier alpha value is -2.84. The van der Waals surface area contributed by atoms with Crippen LogP contribution in [0, 0.1) is 0 Å². The number of carboxylic acid groups (broad SMARTS) is 1. The molecule has 8 heteroatoms. The van der Waals surface area contributed by atoms with Gasteiger partial charge >= 0.3 is 11.9 Å². The zero-order chi connectivity index (χ0) is 30.1. The second-order valence-corrected chi connectivity index (χ2v) is 12.2. The van der Waals surface area contributed by atoms with Crippen molar-refractivity contribution in [1.82, 2.24) is 0 Å². The minimum atomic E-state index is -1.65. The zero-order valence-electron chi connectivity index (χ0n) is 23.9. The van der Waals surface area contributed by atoms with Crippen molar-refractivity contribution in [3.05, 3.63) is 89.3 Å². The van der Waals surface area contributed by atoms with Gasteiger partial charge in [-0.2, -0.15) is 0 Å². The summed E-state index contributed by atoms with van der Waals surface area (Å²) < 4.78 is 7.08. The van der Waals surface area contributed by atoms with E-state index in [2.05, 4.69) is 45.7 Å². The summed E-state index contributed by atoms with van der Waals surface area (Å²) in [6.45, 7) is 8.22. The van der Waals surface area contributed by atoms with Gasteiger partial charge in [-0.1, -0.05) is 53.4 Å². The van der Waals surface area contributed by atoms with Crippen LogP contribution in [0.4, 0.5) is 0 Å². The number of carbonyl (C=O) groups is 2. The highest BCUT2D eigenvalue weighted by Gasteiger charge is 2.52. The Morgan fingerprint density at radius 1 is 0.756 bits per heavy atom. The predicted molar refractivity (Wildman–Crippen MR) is 166 cm³/mol. The molecule has 1 heterocycles. The van der Waals surface area contributed by atoms with E-state index in [1.807, 2.05) is 26.0 Å². The Labute approximate surface area is 258 Å². The topological polar surface area (TPSA) is 104 Å². The van der Waals surface area contributed by atoms with Gasteiger partial charge < -0.3 is 20.1 Å². The normalized spacial score (nSPS) is 13.8. The molecule has 41 heavy (non-hydrogen) atoms. The second-order valence-electron chi connectivity index (χ2n) is 10.6. The van der Waals surface area contributed by atoms with E-state index < -0.39 is 17.5 Å². The van der Waals surface area contributed by atoms with Gasteiger partial charge in [-0.15, -0.1) is 0 Å². The molecule has 0 bridgehead atoms. The highest BCUT2D eigenvalue weighted by molar-refractivity contribution is 9.11. The number of aromatic hydroxyl groups is 2. The van der Waals surface area contributed by atoms with E-state index in [1.54, 1.807) is 0 Å². The maximum Gasteiger partial charge on any atom is 0.340 e. The summed E-state index contributed by atoms with van der Waals surface area (Å²) in [6, 6.07) is 8.24. The van der Waals surface area contributed by atoms with Crippen molar-refractivity contribution in [2.24, 2.45) is 0 Å². The Kier molecular flexibility index (Phi) is 9.54. The molecule has 0 spiro atoms. The first-order chi connectivity index (χ1) is 19.6. The van der Waals surface area contributed by atoms with Gasteiger partial charge in [0.2, 0.25) is 0 Å². The molecule has 218 valence electrons. The van der Waals surface area contributed by atoms with E-state index in [9.17, 15) is 24.9 Å². The number of ether oxygens (including phenoxy) is 1. The molecule has 0 aromatic heterocycles. The monoisotopic (exact) mass is 686 g/mol. The summed E-state index contributed by atoms with van der Waals surface area (Å²) in [5.41, 5.74) is 3.39. The van der Waals surface area contributed by atoms with Gasteiger partial charge in [-0.25, -0.2) is 9.59 Å². The fourth-order valence-electron chi connectivity index (χ4n) is 5.97. The van der Waals surface area contributed by atoms with E-state index in [4.69, 9.17) is 4.74 Å². The van der Waals surface area contributed by atoms with Crippen LogP contribution in [0.3, 0.4) is 0 Å². The first-order valence-electron chi connectivity index (χ1n) is 14.3. The number of carboxylic acids is 1. The predicted octanol–water partition coefficient (Wildman–Crippen LogP) is 8.59. The van der Waals surface area contributed by atoms with E-state index in [1.165, 1.54) is 18.2 Å². The molecule has 0 atom stereocenters. The van der Waals surface area contributed by atoms with Crippen LogP contribution in [0.1, 0.15) is 113 Å². The maximum absolute atomic E-state index is 13.5. The van der Waals surface area contributed by atoms with Crippen LogP contribution < -0.4 is 0 Å². The molecule has 0 saturated heterocycles. The molecule has 1 aliphatic rings. The first-order valence-corrected chi connectivity index (χ1v) is 15.8. The summed E-state index contributed by atoms with van der Waals surface area (Å²) in [4.78, 5) is 25.6. The number of benzene rings is 3. The standard InChI is InChI=1S/C33H36Br2O6/c1-5-9-18-15-25(27(34)29(36)21(18)11-7-3)33(24-17-20(31(38)39)13-14-23(24)32(40)41-33)26-16-19(10-6-2)22(12-8-4)30(37)28(26)35/h13-17,36-37H,5-12H2,1-4H3,(H,38,39). The van der Waals surface area contributed by atoms with E-state index in [0.29, 0.717) is 51.3 Å². The smallest absolute Gasteiger partial charge is 0.340 e. The number of fused-ring (bicyclic) bond motifs is 1. The lowest BCUT2D eigenvalue weighted by atomic mass is 9.76. The van der Waals surface area contributed by atoms with Gasteiger partial charge in [-0.3, -0.25) is 0 Å². The molecule has 0 amide bonds. The molecule has 0 aliphatic carbocycles. The molecule has 4 rings (SSSR count). The first kappa shape index (κ1) is 31.1. The number of halogens is 2. The maximum atomic E-state index is 13.5. The van der Waals surface area contributed by atoms with Gasteiger partial charge in [0.05, 0.1) is 20.1 Å². The van der Waals surface area contributed by atoms with Crippen molar-refractivity contribution in [1.29, 1.82) is 0 Å². The molecule has 0 unspecified atom stereocenters. The van der Waals surface area contributed by atoms with Crippen molar-refractivity contribution in [2.45, 2.75) is 84.7 Å². The number of rotatable bonds is 11. The highest BCUT2D eigenvalue weighted by atomic mass is 79.9. The van der Waals surface area contributed by atoms with E-state index in [0.717, 1.165) is 47.9 Å². The number of phenols is 2. The summed E-state index contributed by atoms with van der Waals surface area (Å²) in [6.07, 6.45) is 6.06. The minimum absolute atomic E-state index is 0.000108. The number of carbonyl (C=O) groups excluding carboxylic acids is 1. The molecule has 3 aromatic rings. The van der Waals surface area contributed by atoms with Crippen molar-refractivity contribution < 1.29 is 29.6 Å². The Morgan fingerprint density at radius 2 is 1.22 bits per heavy atom. The number of hydrogen-bond acceptors (Lipinski definition) is 5. The molecule has 6 nitrogen and oxygen atoms in total. The van der Waals surface area contributed by atoms with Crippen LogP contribution >= 0.6 is 31.9 Å². The third kappa shape index (κ3) is 5.29. The number of aromatic carboxylic acids is 1. The molecule has 0 radical (unpaired) electrons. The molecular weight excluding hydrogens is 652 g/mol. The van der Waals surface area contributed by atoms with Gasteiger partial charge in [0.1, 0.15) is 11.5 Å². The van der Waals surface area contributed by atoms with E-state index in [-0.39, 0.29) is 22.6 Å². The minimum Gasteiger partial charge on any atom is -0.506 e. The molecule has 0 fully saturated rings. The lowest BCUT2D eigenvalue weighted by molar-refractivity contribution is 0.0245. The molecule has 3 aromatic carbocycles. The number of phenolic OH excluding ortho intramolecular Hbond substituents is 2. The molecule has 3 N–H and O–H groups in total. The number of aryl methyl sites for hydroxylation is 2. The van der Waals surface area contributed by atoms with Crippen LogP contribution in [-0.4, -0.2) is 27.3 Å². The molecular formula is C33H36Br2O6. The Bertz CT molecular complexity index is 1440. The summed E-state index contributed by atoms with van der Waals surface area (Å²) in [7, 11) is 0. The largest absolute Gasteiger partial charge is 0.506 e. The summed E-state index contributed by atoms with van der Waals surface area (Å²) >= 11 is 7.29. The number of cyclic esters (lactones) is 1. The van der Waals surface area contributed by atoms with E-state index >= 15 is 0 Å². The van der Waals surface area contributed by atoms with Crippen LogP contribution in [0.15, 0.2) is 39.3 Å². The average Bonchev–Trinajstić information content (AvgIpc) is 3.24. The summed E-state index contributed by atoms with van der Waals surface area (Å²) in [5.74, 6) is -1.61. The highest BCUT2D eigenvalue weighted by Crippen LogP contribution is 2.55. The third-order valence-corrected chi connectivity index (χ3v) is 9.39. The number of hydrogen-bond donors (Lipinski definition) is 3. The fourth-order valence-corrected chi connectivity index (χ4v) is 7.24. The van der Waals surface area contributed by atoms with Crippen LogP contribution in [-0.2, 0) is 36.0 Å². The zero-order valence-corrected chi connectivity index (χ0v) is 27.0. The second kappa shape index (κ2) is 12.6. The van der Waals surface area contributed by atoms with Crippen molar-refractivity contribution in [3.63, 3.8) is 0 Å². The number of esters is 1. The third-order valence-electron chi connectivity index (χ3n) is 7.78. The van der Waals surface area contributed by atoms with Crippen LogP contribution in [0.2, 0.25) is 0 Å². The lowest BCUT2D eigenvalue weighted by Crippen LogP contribution is -2.31. The van der Waals surface area contributed by atoms with Gasteiger partial charge in [-0.05, 0) is 110 Å². The quantitative estimate of drug-likeness (QED) is 0.175. The molecule has 0 saturated carbocycles. The lowest BCUT2D eigenvalue weighted by Gasteiger charge is -2.34. The van der Waals surface area contributed by atoms with Crippen LogP contribution in [0.25, 0.3) is 0 Å². The Balaban J connectivity index is 2.21. The van der Waals surface area contributed by atoms with Gasteiger partial charge in [0, 0.05) is 16.7 Å². The van der Waals surface area contributed by atoms with Crippen molar-refractivity contribution in [3.8, 4) is 11.5 Å². The molecule has 1 aliphatic heterocycles.